The Labute approximate surface area is 181 Å². The minimum Gasteiger partial charge on any atom is -0.508 e. The summed E-state index contributed by atoms with van der Waals surface area (Å²) in [6.07, 6.45) is -6.75. The number of benzene rings is 2. The quantitative estimate of drug-likeness (QED) is 0.275. The molecular weight excluding hydrogens is 424 g/mol. The molecule has 0 radical (unpaired) electrons. The average molecular weight is 446 g/mol. The number of hydrogen-bond acceptors (Lipinski definition) is 10. The number of aromatic hydroxyl groups is 2. The van der Waals surface area contributed by atoms with Gasteiger partial charge in [-0.05, 0) is 36.2 Å². The van der Waals surface area contributed by atoms with E-state index in [4.69, 9.17) is 14.6 Å². The van der Waals surface area contributed by atoms with E-state index >= 15 is 0 Å². The third-order valence-electron chi connectivity index (χ3n) is 5.93. The Morgan fingerprint density at radius 3 is 2.28 bits per heavy atom. The molecule has 1 saturated carbocycles. The topological polar surface area (TPSA) is 174 Å². The zero-order valence-electron chi connectivity index (χ0n) is 16.7. The van der Waals surface area contributed by atoms with Crippen molar-refractivity contribution in [2.75, 3.05) is 6.79 Å². The highest BCUT2D eigenvalue weighted by Gasteiger charge is 2.45. The summed E-state index contributed by atoms with van der Waals surface area (Å²) in [5.41, 5.74) is 0.282. The SMILES string of the molecule is O=C1C(=O)C(c2ccc(O)cc2)Oc2cc([C@@H]3C[C@@H](OCO)[C@@H](O)[C@@H](O)[C@@H]3O)cc(O)c21. The lowest BCUT2D eigenvalue weighted by atomic mass is 9.76. The second kappa shape index (κ2) is 8.49. The maximum Gasteiger partial charge on any atom is 0.248 e. The van der Waals surface area contributed by atoms with Crippen molar-refractivity contribution >= 4 is 11.6 Å². The molecule has 0 saturated heterocycles. The van der Waals surface area contributed by atoms with Crippen molar-refractivity contribution in [3.05, 3.63) is 53.1 Å². The first kappa shape index (κ1) is 22.2. The molecule has 1 heterocycles. The first-order valence-electron chi connectivity index (χ1n) is 9.90. The standard InChI is InChI=1S/C22H22O10/c23-8-31-15-7-12(17(26)20(29)18(15)27)10-5-13(25)16-14(6-10)32-22(21(30)19(16)28)9-1-3-11(24)4-2-9/h1-6,12,15,17-18,20,22-27,29H,7-8H2/t12-,15+,17+,18+,20-,22?/m0/s1. The van der Waals surface area contributed by atoms with Gasteiger partial charge >= 0.3 is 0 Å². The Morgan fingerprint density at radius 1 is 0.938 bits per heavy atom. The number of hydrogen-bond donors (Lipinski definition) is 6. The number of carbonyl (C=O) groups excluding carboxylic acids is 2. The van der Waals surface area contributed by atoms with Gasteiger partial charge in [0.1, 0.15) is 41.8 Å². The molecule has 1 aliphatic heterocycles. The maximum atomic E-state index is 12.7. The Hall–Kier alpha value is -3.02. The number of fused-ring (bicyclic) bond motifs is 1. The summed E-state index contributed by atoms with van der Waals surface area (Å²) in [6, 6.07) is 8.10. The van der Waals surface area contributed by atoms with Crippen LogP contribution >= 0.6 is 0 Å². The van der Waals surface area contributed by atoms with Crippen LogP contribution in [0.25, 0.3) is 0 Å². The Bertz CT molecular complexity index is 1030. The molecule has 1 fully saturated rings. The number of ketones is 2. The van der Waals surface area contributed by atoms with E-state index in [0.29, 0.717) is 5.56 Å². The first-order valence-corrected chi connectivity index (χ1v) is 9.90. The summed E-state index contributed by atoms with van der Waals surface area (Å²) in [4.78, 5) is 25.2. The van der Waals surface area contributed by atoms with E-state index in [1.54, 1.807) is 0 Å². The number of aliphatic hydroxyl groups excluding tert-OH is 4. The summed E-state index contributed by atoms with van der Waals surface area (Å²) >= 11 is 0. The largest absolute Gasteiger partial charge is 0.508 e. The zero-order valence-corrected chi connectivity index (χ0v) is 16.7. The van der Waals surface area contributed by atoms with Crippen molar-refractivity contribution in [3.8, 4) is 17.2 Å². The van der Waals surface area contributed by atoms with Crippen LogP contribution < -0.4 is 4.74 Å². The molecule has 10 nitrogen and oxygen atoms in total. The summed E-state index contributed by atoms with van der Waals surface area (Å²) < 4.78 is 10.8. The van der Waals surface area contributed by atoms with Gasteiger partial charge in [0, 0.05) is 11.5 Å². The fraction of sp³-hybridized carbons (Fsp3) is 0.364. The van der Waals surface area contributed by atoms with Crippen molar-refractivity contribution in [3.63, 3.8) is 0 Å². The van der Waals surface area contributed by atoms with Crippen molar-refractivity contribution in [1.29, 1.82) is 0 Å². The van der Waals surface area contributed by atoms with Gasteiger partial charge in [-0.25, -0.2) is 0 Å². The highest BCUT2D eigenvalue weighted by Crippen LogP contribution is 2.43. The molecule has 2 aliphatic rings. The fourth-order valence-electron chi connectivity index (χ4n) is 4.23. The molecule has 0 bridgehead atoms. The summed E-state index contributed by atoms with van der Waals surface area (Å²) in [6.45, 7) is -0.708. The molecule has 32 heavy (non-hydrogen) atoms. The van der Waals surface area contributed by atoms with Crippen LogP contribution in [0.2, 0.25) is 0 Å². The zero-order chi connectivity index (χ0) is 23.2. The van der Waals surface area contributed by atoms with E-state index < -0.39 is 60.5 Å². The van der Waals surface area contributed by atoms with Crippen LogP contribution in [0.3, 0.4) is 0 Å². The Morgan fingerprint density at radius 2 is 1.62 bits per heavy atom. The van der Waals surface area contributed by atoms with Gasteiger partial charge in [-0.15, -0.1) is 0 Å². The monoisotopic (exact) mass is 446 g/mol. The molecule has 1 aliphatic carbocycles. The highest BCUT2D eigenvalue weighted by molar-refractivity contribution is 6.47. The minimum atomic E-state index is -1.59. The number of carbonyl (C=O) groups is 2. The lowest BCUT2D eigenvalue weighted by molar-refractivity contribution is -0.180. The van der Waals surface area contributed by atoms with Gasteiger partial charge in [0.05, 0.1) is 12.2 Å². The molecule has 0 aromatic heterocycles. The molecule has 6 N–H and O–H groups in total. The van der Waals surface area contributed by atoms with E-state index in [2.05, 4.69) is 0 Å². The van der Waals surface area contributed by atoms with Gasteiger partial charge in [-0.2, -0.15) is 0 Å². The molecule has 2 aromatic rings. The second-order valence-electron chi connectivity index (χ2n) is 7.84. The highest BCUT2D eigenvalue weighted by atomic mass is 16.6. The molecule has 1 unspecified atom stereocenters. The van der Waals surface area contributed by atoms with Crippen LogP contribution in [-0.2, 0) is 9.53 Å². The van der Waals surface area contributed by atoms with E-state index in [9.17, 15) is 35.1 Å². The number of Topliss-reactive ketones (excluding diaryl/α,β-unsaturated/α-hetero) is 2. The second-order valence-corrected chi connectivity index (χ2v) is 7.84. The van der Waals surface area contributed by atoms with E-state index in [1.165, 1.54) is 36.4 Å². The van der Waals surface area contributed by atoms with Gasteiger partial charge in [-0.3, -0.25) is 9.59 Å². The van der Waals surface area contributed by atoms with Crippen LogP contribution in [0, 0.1) is 0 Å². The average Bonchev–Trinajstić information content (AvgIpc) is 2.77. The maximum absolute atomic E-state index is 12.7. The smallest absolute Gasteiger partial charge is 0.248 e. The Balaban J connectivity index is 1.72. The van der Waals surface area contributed by atoms with E-state index in [-0.39, 0.29) is 29.0 Å². The molecule has 170 valence electrons. The lowest BCUT2D eigenvalue weighted by Gasteiger charge is -2.40. The van der Waals surface area contributed by atoms with E-state index in [1.807, 2.05) is 0 Å². The number of ether oxygens (including phenoxy) is 2. The van der Waals surface area contributed by atoms with Crippen molar-refractivity contribution in [2.45, 2.75) is 42.9 Å². The Kier molecular flexibility index (Phi) is 5.89. The van der Waals surface area contributed by atoms with Crippen LogP contribution in [0.4, 0.5) is 0 Å². The molecular formula is C22H22O10. The third kappa shape index (κ3) is 3.72. The van der Waals surface area contributed by atoms with Gasteiger partial charge < -0.3 is 40.1 Å². The van der Waals surface area contributed by atoms with Gasteiger partial charge in [0.2, 0.25) is 11.6 Å². The van der Waals surface area contributed by atoms with Gasteiger partial charge in [0.15, 0.2) is 6.10 Å². The number of aliphatic hydroxyl groups is 4. The van der Waals surface area contributed by atoms with Crippen LogP contribution in [-0.4, -0.2) is 73.4 Å². The third-order valence-corrected chi connectivity index (χ3v) is 5.93. The van der Waals surface area contributed by atoms with Crippen molar-refractivity contribution in [2.24, 2.45) is 0 Å². The van der Waals surface area contributed by atoms with Crippen molar-refractivity contribution in [1.82, 2.24) is 0 Å². The number of phenolic OH excluding ortho intramolecular Hbond substituents is 2. The molecule has 0 amide bonds. The first-order chi connectivity index (χ1) is 15.2. The van der Waals surface area contributed by atoms with Crippen LogP contribution in [0.15, 0.2) is 36.4 Å². The number of rotatable bonds is 4. The molecule has 10 heteroatoms. The molecule has 4 rings (SSSR count). The predicted octanol–water partition coefficient (Wildman–Crippen LogP) is -0.112. The van der Waals surface area contributed by atoms with Gasteiger partial charge in [0.25, 0.3) is 0 Å². The normalized spacial score (nSPS) is 30.0. The van der Waals surface area contributed by atoms with E-state index in [0.717, 1.165) is 0 Å². The summed E-state index contributed by atoms with van der Waals surface area (Å²) in [5, 5.41) is 59.7. The lowest BCUT2D eigenvalue weighted by Crippen LogP contribution is -2.53. The number of phenols is 2. The van der Waals surface area contributed by atoms with Crippen LogP contribution in [0.1, 0.15) is 39.9 Å². The summed E-state index contributed by atoms with van der Waals surface area (Å²) in [5.74, 6) is -3.34. The minimum absolute atomic E-state index is 0.00749. The molecule has 6 atom stereocenters. The van der Waals surface area contributed by atoms with Crippen LogP contribution in [0.5, 0.6) is 17.2 Å². The van der Waals surface area contributed by atoms with Crippen molar-refractivity contribution < 1.29 is 49.7 Å². The summed E-state index contributed by atoms with van der Waals surface area (Å²) in [7, 11) is 0. The van der Waals surface area contributed by atoms with Gasteiger partial charge in [-0.1, -0.05) is 12.1 Å². The molecule has 0 spiro atoms. The predicted molar refractivity (Wildman–Crippen MR) is 106 cm³/mol. The fourth-order valence-corrected chi connectivity index (χ4v) is 4.23. The molecule has 2 aromatic carbocycles.